The van der Waals surface area contributed by atoms with Crippen molar-refractivity contribution in [3.63, 3.8) is 0 Å². The Kier molecular flexibility index (Phi) is 5.89. The number of carbonyl (C=O) groups is 1. The van der Waals surface area contributed by atoms with Crippen LogP contribution in [-0.4, -0.2) is 21.7 Å². The molecule has 1 atom stereocenters. The number of aromatic nitrogens is 2. The van der Waals surface area contributed by atoms with Gasteiger partial charge in [-0.25, -0.2) is 4.39 Å². The second-order valence-electron chi connectivity index (χ2n) is 7.60. The highest BCUT2D eigenvalue weighted by Crippen LogP contribution is 2.18. The smallest absolute Gasteiger partial charge is 0.251 e. The number of fused-ring (bicyclic) bond motifs is 1. The van der Waals surface area contributed by atoms with Gasteiger partial charge in [0, 0.05) is 17.0 Å². The molecule has 4 nitrogen and oxygen atoms in total. The standard InChI is InChI=1S/C25H24FN3O/c1-18(7-8-19-5-3-2-4-6-19)28-25(30)21-11-12-22-16-27-29(24(22)15-21)17-20-9-13-23(26)14-10-20/h2-6,9-16,18H,7-8,17H2,1H3,(H,28,30). The van der Waals surface area contributed by atoms with Gasteiger partial charge in [-0.2, -0.15) is 5.10 Å². The number of hydrogen-bond donors (Lipinski definition) is 1. The Balaban J connectivity index is 1.44. The maximum absolute atomic E-state index is 13.1. The monoisotopic (exact) mass is 401 g/mol. The zero-order chi connectivity index (χ0) is 20.9. The molecule has 1 heterocycles. The van der Waals surface area contributed by atoms with E-state index in [9.17, 15) is 9.18 Å². The fraction of sp³-hybridized carbons (Fsp3) is 0.200. The number of hydrogen-bond acceptors (Lipinski definition) is 2. The number of halogens is 1. The number of carbonyl (C=O) groups excluding carboxylic acids is 1. The van der Waals surface area contributed by atoms with Crippen LogP contribution in [0.1, 0.15) is 34.8 Å². The first-order valence-corrected chi connectivity index (χ1v) is 10.1. The van der Waals surface area contributed by atoms with Crippen molar-refractivity contribution >= 4 is 16.8 Å². The van der Waals surface area contributed by atoms with Gasteiger partial charge < -0.3 is 5.32 Å². The molecular formula is C25H24FN3O. The topological polar surface area (TPSA) is 46.9 Å². The molecule has 3 aromatic carbocycles. The lowest BCUT2D eigenvalue weighted by molar-refractivity contribution is 0.0938. The molecular weight excluding hydrogens is 377 g/mol. The molecule has 0 aliphatic rings. The molecule has 1 amide bonds. The Hall–Kier alpha value is -3.47. The van der Waals surface area contributed by atoms with Gasteiger partial charge in [0.25, 0.3) is 5.91 Å². The molecule has 0 aliphatic carbocycles. The normalized spacial score (nSPS) is 12.1. The van der Waals surface area contributed by atoms with Crippen LogP contribution in [0.5, 0.6) is 0 Å². The van der Waals surface area contributed by atoms with Crippen molar-refractivity contribution in [2.75, 3.05) is 0 Å². The van der Waals surface area contributed by atoms with Crippen LogP contribution in [0.15, 0.2) is 79.0 Å². The highest BCUT2D eigenvalue weighted by atomic mass is 19.1. The third kappa shape index (κ3) is 4.74. The first kappa shape index (κ1) is 19.8. The van der Waals surface area contributed by atoms with E-state index in [1.54, 1.807) is 18.3 Å². The van der Waals surface area contributed by atoms with Crippen molar-refractivity contribution in [3.8, 4) is 0 Å². The van der Waals surface area contributed by atoms with Gasteiger partial charge in [0.15, 0.2) is 0 Å². The molecule has 0 saturated carbocycles. The lowest BCUT2D eigenvalue weighted by atomic mass is 10.1. The molecule has 5 heteroatoms. The minimum absolute atomic E-state index is 0.0672. The molecule has 1 aromatic heterocycles. The Labute approximate surface area is 175 Å². The average molecular weight is 401 g/mol. The molecule has 4 rings (SSSR count). The summed E-state index contributed by atoms with van der Waals surface area (Å²) in [5.41, 5.74) is 3.70. The fourth-order valence-corrected chi connectivity index (χ4v) is 3.51. The third-order valence-electron chi connectivity index (χ3n) is 5.24. The zero-order valence-corrected chi connectivity index (χ0v) is 16.9. The summed E-state index contributed by atoms with van der Waals surface area (Å²) >= 11 is 0. The van der Waals surface area contributed by atoms with E-state index in [2.05, 4.69) is 22.5 Å². The minimum atomic E-state index is -0.260. The van der Waals surface area contributed by atoms with Gasteiger partial charge >= 0.3 is 0 Å². The van der Waals surface area contributed by atoms with Crippen LogP contribution in [0.3, 0.4) is 0 Å². The van der Waals surface area contributed by atoms with E-state index < -0.39 is 0 Å². The van der Waals surface area contributed by atoms with E-state index in [-0.39, 0.29) is 17.8 Å². The predicted molar refractivity (Wildman–Crippen MR) is 117 cm³/mol. The van der Waals surface area contributed by atoms with Crippen molar-refractivity contribution in [1.29, 1.82) is 0 Å². The summed E-state index contributed by atoms with van der Waals surface area (Å²) in [5.74, 6) is -0.351. The molecule has 0 radical (unpaired) electrons. The van der Waals surface area contributed by atoms with Crippen LogP contribution in [0.25, 0.3) is 10.9 Å². The first-order valence-electron chi connectivity index (χ1n) is 10.1. The second-order valence-corrected chi connectivity index (χ2v) is 7.60. The first-order chi connectivity index (χ1) is 14.6. The third-order valence-corrected chi connectivity index (χ3v) is 5.24. The van der Waals surface area contributed by atoms with E-state index in [1.807, 2.05) is 48.0 Å². The molecule has 1 N–H and O–H groups in total. The highest BCUT2D eigenvalue weighted by Gasteiger charge is 2.12. The van der Waals surface area contributed by atoms with Crippen LogP contribution in [0.2, 0.25) is 0 Å². The van der Waals surface area contributed by atoms with Gasteiger partial charge in [0.1, 0.15) is 5.82 Å². The number of amides is 1. The Bertz CT molecular complexity index is 1140. The van der Waals surface area contributed by atoms with Crippen molar-refractivity contribution in [1.82, 2.24) is 15.1 Å². The van der Waals surface area contributed by atoms with Gasteiger partial charge in [0.05, 0.1) is 18.3 Å². The molecule has 0 fully saturated rings. The maximum Gasteiger partial charge on any atom is 0.251 e. The molecule has 152 valence electrons. The summed E-state index contributed by atoms with van der Waals surface area (Å²) in [7, 11) is 0. The van der Waals surface area contributed by atoms with Crippen molar-refractivity contribution in [2.45, 2.75) is 32.4 Å². The van der Waals surface area contributed by atoms with Crippen LogP contribution in [-0.2, 0) is 13.0 Å². The van der Waals surface area contributed by atoms with Gasteiger partial charge in [-0.15, -0.1) is 0 Å². The summed E-state index contributed by atoms with van der Waals surface area (Å²) < 4.78 is 15.0. The van der Waals surface area contributed by atoms with Gasteiger partial charge in [-0.1, -0.05) is 48.5 Å². The number of nitrogens with zero attached hydrogens (tertiary/aromatic N) is 2. The van der Waals surface area contributed by atoms with Crippen LogP contribution < -0.4 is 5.32 Å². The number of rotatable bonds is 7. The average Bonchev–Trinajstić information content (AvgIpc) is 3.16. The van der Waals surface area contributed by atoms with Gasteiger partial charge in [0.2, 0.25) is 0 Å². The molecule has 4 aromatic rings. The SMILES string of the molecule is CC(CCc1ccccc1)NC(=O)c1ccc2cnn(Cc3ccc(F)cc3)c2c1. The number of aryl methyl sites for hydroxylation is 1. The van der Waals surface area contributed by atoms with Crippen LogP contribution in [0, 0.1) is 5.82 Å². The molecule has 0 saturated heterocycles. The largest absolute Gasteiger partial charge is 0.350 e. The fourth-order valence-electron chi connectivity index (χ4n) is 3.51. The van der Waals surface area contributed by atoms with Crippen molar-refractivity contribution in [3.05, 3.63) is 102 Å². The molecule has 0 aliphatic heterocycles. The van der Waals surface area contributed by atoms with Gasteiger partial charge in [-0.05, 0) is 55.2 Å². The summed E-state index contributed by atoms with van der Waals surface area (Å²) in [5, 5.41) is 8.48. The Morgan fingerprint density at radius 1 is 1.03 bits per heavy atom. The summed E-state index contributed by atoms with van der Waals surface area (Å²) in [6.45, 7) is 2.54. The van der Waals surface area contributed by atoms with Crippen molar-refractivity contribution < 1.29 is 9.18 Å². The lowest BCUT2D eigenvalue weighted by Gasteiger charge is -2.14. The number of benzene rings is 3. The summed E-state index contributed by atoms with van der Waals surface area (Å²) in [6.07, 6.45) is 3.58. The molecule has 0 spiro atoms. The van der Waals surface area contributed by atoms with E-state index in [0.717, 1.165) is 29.3 Å². The predicted octanol–water partition coefficient (Wildman–Crippen LogP) is 4.97. The second kappa shape index (κ2) is 8.91. The van der Waals surface area contributed by atoms with Crippen LogP contribution >= 0.6 is 0 Å². The number of nitrogens with one attached hydrogen (secondary N) is 1. The minimum Gasteiger partial charge on any atom is -0.350 e. The zero-order valence-electron chi connectivity index (χ0n) is 16.9. The molecule has 0 bridgehead atoms. The van der Waals surface area contributed by atoms with E-state index >= 15 is 0 Å². The lowest BCUT2D eigenvalue weighted by Crippen LogP contribution is -2.32. The Morgan fingerprint density at radius 2 is 1.80 bits per heavy atom. The molecule has 1 unspecified atom stereocenters. The van der Waals surface area contributed by atoms with E-state index in [1.165, 1.54) is 17.7 Å². The summed E-state index contributed by atoms with van der Waals surface area (Å²) in [6, 6.07) is 22.3. The van der Waals surface area contributed by atoms with E-state index in [4.69, 9.17) is 0 Å². The van der Waals surface area contributed by atoms with Gasteiger partial charge in [-0.3, -0.25) is 9.48 Å². The highest BCUT2D eigenvalue weighted by molar-refractivity contribution is 5.98. The molecule has 30 heavy (non-hydrogen) atoms. The Morgan fingerprint density at radius 3 is 2.57 bits per heavy atom. The van der Waals surface area contributed by atoms with Crippen LogP contribution in [0.4, 0.5) is 4.39 Å². The van der Waals surface area contributed by atoms with Crippen molar-refractivity contribution in [2.24, 2.45) is 0 Å². The summed E-state index contributed by atoms with van der Waals surface area (Å²) in [4.78, 5) is 12.8. The quantitative estimate of drug-likeness (QED) is 0.475. The van der Waals surface area contributed by atoms with E-state index in [0.29, 0.717) is 12.1 Å². The maximum atomic E-state index is 13.1.